The van der Waals surface area contributed by atoms with Crippen LogP contribution in [0.3, 0.4) is 0 Å². The lowest BCUT2D eigenvalue weighted by Crippen LogP contribution is -2.17. The lowest BCUT2D eigenvalue weighted by molar-refractivity contribution is -0.154. The van der Waals surface area contributed by atoms with Crippen LogP contribution in [0.4, 0.5) is 0 Å². The number of aryl methyl sites for hydroxylation is 1. The maximum Gasteiger partial charge on any atom is 0.374 e. The third kappa shape index (κ3) is 5.52. The SMILES string of the molecule is O=C(CCCCc1ccccc1)C(=O)OCc1ccccc1. The highest BCUT2D eigenvalue weighted by molar-refractivity contribution is 6.33. The van der Waals surface area contributed by atoms with Gasteiger partial charge in [0, 0.05) is 6.42 Å². The summed E-state index contributed by atoms with van der Waals surface area (Å²) >= 11 is 0. The Bertz CT molecular complexity index is 591. The first kappa shape index (κ1) is 16.0. The van der Waals surface area contributed by atoms with Gasteiger partial charge in [0.25, 0.3) is 0 Å². The molecule has 0 bridgehead atoms. The van der Waals surface area contributed by atoms with Crippen molar-refractivity contribution in [1.29, 1.82) is 0 Å². The molecule has 0 aliphatic rings. The first-order valence-electron chi connectivity index (χ1n) is 7.53. The van der Waals surface area contributed by atoms with Gasteiger partial charge in [0.1, 0.15) is 6.61 Å². The molecule has 0 unspecified atom stereocenters. The van der Waals surface area contributed by atoms with Crippen molar-refractivity contribution in [2.24, 2.45) is 0 Å². The normalized spacial score (nSPS) is 10.2. The number of Topliss-reactive ketones (excluding diaryl/α,β-unsaturated/α-hetero) is 1. The molecule has 3 heteroatoms. The van der Waals surface area contributed by atoms with E-state index in [-0.39, 0.29) is 13.0 Å². The second-order valence-corrected chi connectivity index (χ2v) is 5.18. The van der Waals surface area contributed by atoms with Gasteiger partial charge in [-0.3, -0.25) is 4.79 Å². The Labute approximate surface area is 130 Å². The Kier molecular flexibility index (Phi) is 6.37. The van der Waals surface area contributed by atoms with Crippen LogP contribution < -0.4 is 0 Å². The maximum atomic E-state index is 11.7. The van der Waals surface area contributed by atoms with E-state index in [1.165, 1.54) is 5.56 Å². The fourth-order valence-corrected chi connectivity index (χ4v) is 2.17. The first-order valence-corrected chi connectivity index (χ1v) is 7.53. The fourth-order valence-electron chi connectivity index (χ4n) is 2.17. The number of ether oxygens (including phenoxy) is 1. The molecule has 2 aromatic carbocycles. The summed E-state index contributed by atoms with van der Waals surface area (Å²) in [6.07, 6.45) is 2.77. The summed E-state index contributed by atoms with van der Waals surface area (Å²) in [7, 11) is 0. The van der Waals surface area contributed by atoms with Crippen molar-refractivity contribution in [1.82, 2.24) is 0 Å². The van der Waals surface area contributed by atoms with E-state index in [0.717, 1.165) is 18.4 Å². The van der Waals surface area contributed by atoms with Gasteiger partial charge >= 0.3 is 5.97 Å². The van der Waals surface area contributed by atoms with Crippen LogP contribution in [0, 0.1) is 0 Å². The van der Waals surface area contributed by atoms with Crippen LogP contribution in [0.1, 0.15) is 30.4 Å². The molecule has 2 aromatic rings. The number of rotatable bonds is 8. The molecule has 0 saturated heterocycles. The molecule has 0 N–H and O–H groups in total. The number of ketones is 1. The van der Waals surface area contributed by atoms with Crippen molar-refractivity contribution in [3.63, 3.8) is 0 Å². The summed E-state index contributed by atoms with van der Waals surface area (Å²) in [4.78, 5) is 23.3. The third-order valence-electron chi connectivity index (χ3n) is 3.40. The fraction of sp³-hybridized carbons (Fsp3) is 0.263. The van der Waals surface area contributed by atoms with Crippen LogP contribution >= 0.6 is 0 Å². The van der Waals surface area contributed by atoms with E-state index in [2.05, 4.69) is 12.1 Å². The second-order valence-electron chi connectivity index (χ2n) is 5.18. The number of carbonyl (C=O) groups excluding carboxylic acids is 2. The Balaban J connectivity index is 1.63. The molecule has 3 nitrogen and oxygen atoms in total. The topological polar surface area (TPSA) is 43.4 Å². The number of esters is 1. The molecule has 0 fully saturated rings. The maximum absolute atomic E-state index is 11.7. The van der Waals surface area contributed by atoms with E-state index in [9.17, 15) is 9.59 Å². The standard InChI is InChI=1S/C19H20O3/c20-18(14-8-7-11-16-9-3-1-4-10-16)19(21)22-15-17-12-5-2-6-13-17/h1-6,9-10,12-13H,7-8,11,14-15H2. The highest BCUT2D eigenvalue weighted by Gasteiger charge is 2.14. The third-order valence-corrected chi connectivity index (χ3v) is 3.40. The molecule has 0 saturated carbocycles. The predicted molar refractivity (Wildman–Crippen MR) is 85.2 cm³/mol. The average Bonchev–Trinajstić information content (AvgIpc) is 2.58. The van der Waals surface area contributed by atoms with Crippen LogP contribution in [-0.2, 0) is 27.4 Å². The summed E-state index contributed by atoms with van der Waals surface area (Å²) < 4.78 is 5.02. The molecule has 0 amide bonds. The Hall–Kier alpha value is -2.42. The molecular formula is C19H20O3. The number of unbranched alkanes of at least 4 members (excludes halogenated alkanes) is 1. The minimum absolute atomic E-state index is 0.148. The Morgan fingerprint density at radius 3 is 2.00 bits per heavy atom. The lowest BCUT2D eigenvalue weighted by atomic mass is 10.1. The monoisotopic (exact) mass is 296 g/mol. The molecule has 0 heterocycles. The minimum Gasteiger partial charge on any atom is -0.455 e. The molecule has 0 aliphatic carbocycles. The molecule has 0 aromatic heterocycles. The number of hydrogen-bond donors (Lipinski definition) is 0. The van der Waals surface area contributed by atoms with E-state index < -0.39 is 11.8 Å². The summed E-state index contributed by atoms with van der Waals surface area (Å²) in [6.45, 7) is 0.148. The van der Waals surface area contributed by atoms with Crippen molar-refractivity contribution >= 4 is 11.8 Å². The van der Waals surface area contributed by atoms with E-state index in [1.54, 1.807) is 0 Å². The molecular weight excluding hydrogens is 276 g/mol. The molecule has 0 radical (unpaired) electrons. The molecule has 0 aliphatic heterocycles. The van der Waals surface area contributed by atoms with Gasteiger partial charge in [-0.25, -0.2) is 4.79 Å². The first-order chi connectivity index (χ1) is 10.8. The number of hydrogen-bond acceptors (Lipinski definition) is 3. The largest absolute Gasteiger partial charge is 0.455 e. The van der Waals surface area contributed by atoms with Crippen LogP contribution in [0.5, 0.6) is 0 Å². The van der Waals surface area contributed by atoms with Gasteiger partial charge < -0.3 is 4.74 Å². The quantitative estimate of drug-likeness (QED) is 0.424. The van der Waals surface area contributed by atoms with Gasteiger partial charge in [0.15, 0.2) is 0 Å². The van der Waals surface area contributed by atoms with Crippen molar-refractivity contribution in [3.05, 3.63) is 71.8 Å². The van der Waals surface area contributed by atoms with Gasteiger partial charge in [-0.1, -0.05) is 60.7 Å². The van der Waals surface area contributed by atoms with Crippen LogP contribution in [0.25, 0.3) is 0 Å². The Morgan fingerprint density at radius 1 is 0.773 bits per heavy atom. The predicted octanol–water partition coefficient (Wildman–Crippen LogP) is 3.71. The summed E-state index contributed by atoms with van der Waals surface area (Å²) in [5.41, 5.74) is 2.13. The van der Waals surface area contributed by atoms with Crippen molar-refractivity contribution in [2.45, 2.75) is 32.3 Å². The van der Waals surface area contributed by atoms with Gasteiger partial charge in [0.05, 0.1) is 0 Å². The van der Waals surface area contributed by atoms with E-state index in [4.69, 9.17) is 4.74 Å². The number of carbonyl (C=O) groups is 2. The average molecular weight is 296 g/mol. The molecule has 22 heavy (non-hydrogen) atoms. The Morgan fingerprint density at radius 2 is 1.36 bits per heavy atom. The molecule has 0 atom stereocenters. The minimum atomic E-state index is -0.733. The van der Waals surface area contributed by atoms with Gasteiger partial charge in [-0.05, 0) is 30.4 Å². The van der Waals surface area contributed by atoms with Crippen molar-refractivity contribution < 1.29 is 14.3 Å². The summed E-state index contributed by atoms with van der Waals surface area (Å²) in [6, 6.07) is 19.5. The van der Waals surface area contributed by atoms with Gasteiger partial charge in [-0.2, -0.15) is 0 Å². The van der Waals surface area contributed by atoms with Crippen LogP contribution in [0.15, 0.2) is 60.7 Å². The molecule has 2 rings (SSSR count). The van der Waals surface area contributed by atoms with Crippen molar-refractivity contribution in [3.8, 4) is 0 Å². The van der Waals surface area contributed by atoms with E-state index in [0.29, 0.717) is 6.42 Å². The van der Waals surface area contributed by atoms with Gasteiger partial charge in [0.2, 0.25) is 5.78 Å². The summed E-state index contributed by atoms with van der Waals surface area (Å²) in [5.74, 6) is -1.17. The second kappa shape index (κ2) is 8.78. The highest BCUT2D eigenvalue weighted by Crippen LogP contribution is 2.07. The zero-order valence-corrected chi connectivity index (χ0v) is 12.5. The lowest BCUT2D eigenvalue weighted by Gasteiger charge is -2.04. The van der Waals surface area contributed by atoms with Gasteiger partial charge in [-0.15, -0.1) is 0 Å². The zero-order valence-electron chi connectivity index (χ0n) is 12.5. The smallest absolute Gasteiger partial charge is 0.374 e. The van der Waals surface area contributed by atoms with Crippen molar-refractivity contribution in [2.75, 3.05) is 0 Å². The zero-order chi connectivity index (χ0) is 15.6. The van der Waals surface area contributed by atoms with Crippen LogP contribution in [-0.4, -0.2) is 11.8 Å². The van der Waals surface area contributed by atoms with E-state index >= 15 is 0 Å². The molecule has 0 spiro atoms. The van der Waals surface area contributed by atoms with E-state index in [1.807, 2.05) is 48.5 Å². The summed E-state index contributed by atoms with van der Waals surface area (Å²) in [5, 5.41) is 0. The molecule has 114 valence electrons. The number of benzene rings is 2. The highest BCUT2D eigenvalue weighted by atomic mass is 16.5. The van der Waals surface area contributed by atoms with Crippen LogP contribution in [0.2, 0.25) is 0 Å².